The number of hydrogen-bond donors (Lipinski definition) is 1. The first-order valence-corrected chi connectivity index (χ1v) is 10.4. The molecule has 0 aromatic heterocycles. The van der Waals surface area contributed by atoms with Crippen molar-refractivity contribution in [3.05, 3.63) is 27.7 Å². The van der Waals surface area contributed by atoms with E-state index in [1.165, 1.54) is 11.8 Å². The number of carbonyl (C=O) groups excluding carboxylic acids is 2. The number of thioether (sulfide) groups is 1. The largest absolute Gasteiger partial charge is 0.455 e. The van der Waals surface area contributed by atoms with Crippen molar-refractivity contribution in [2.24, 2.45) is 0 Å². The highest BCUT2D eigenvalue weighted by molar-refractivity contribution is 9.10. The van der Waals surface area contributed by atoms with Crippen molar-refractivity contribution >= 4 is 39.6 Å². The van der Waals surface area contributed by atoms with Crippen LogP contribution in [0.25, 0.3) is 0 Å². The van der Waals surface area contributed by atoms with Gasteiger partial charge in [-0.3, -0.25) is 9.59 Å². The molecule has 0 unspecified atom stereocenters. The predicted octanol–water partition coefficient (Wildman–Crippen LogP) is 4.04. The molecule has 0 radical (unpaired) electrons. The molecule has 0 bridgehead atoms. The topological polar surface area (TPSA) is 79.2 Å². The van der Waals surface area contributed by atoms with Gasteiger partial charge in [0.25, 0.3) is 5.91 Å². The minimum Gasteiger partial charge on any atom is -0.455 e. The van der Waals surface area contributed by atoms with Crippen molar-refractivity contribution in [2.75, 3.05) is 12.4 Å². The van der Waals surface area contributed by atoms with Gasteiger partial charge in [0.1, 0.15) is 5.54 Å². The van der Waals surface area contributed by atoms with Crippen LogP contribution in [0, 0.1) is 25.2 Å². The zero-order valence-corrected chi connectivity index (χ0v) is 17.5. The lowest BCUT2D eigenvalue weighted by Gasteiger charge is -2.31. The van der Waals surface area contributed by atoms with Crippen molar-refractivity contribution in [3.63, 3.8) is 0 Å². The third-order valence-corrected chi connectivity index (χ3v) is 6.45. The Morgan fingerprint density at radius 2 is 1.96 bits per heavy atom. The molecule has 1 amide bonds. The molecule has 0 aliphatic heterocycles. The van der Waals surface area contributed by atoms with Crippen molar-refractivity contribution in [1.29, 1.82) is 5.26 Å². The van der Waals surface area contributed by atoms with E-state index in [0.29, 0.717) is 12.8 Å². The summed E-state index contributed by atoms with van der Waals surface area (Å²) in [6, 6.07) is 6.25. The van der Waals surface area contributed by atoms with Crippen LogP contribution < -0.4 is 5.32 Å². The fourth-order valence-corrected chi connectivity index (χ4v) is 4.32. The summed E-state index contributed by atoms with van der Waals surface area (Å²) < 4.78 is 6.09. The molecule has 1 saturated carbocycles. The van der Waals surface area contributed by atoms with Gasteiger partial charge in [-0.1, -0.05) is 35.2 Å². The molecule has 1 aliphatic rings. The minimum absolute atomic E-state index is 0.137. The van der Waals surface area contributed by atoms with Gasteiger partial charge >= 0.3 is 5.97 Å². The highest BCUT2D eigenvalue weighted by Gasteiger charge is 2.33. The van der Waals surface area contributed by atoms with E-state index in [9.17, 15) is 14.9 Å². The summed E-state index contributed by atoms with van der Waals surface area (Å²) >= 11 is 4.87. The van der Waals surface area contributed by atoms with E-state index in [1.807, 2.05) is 26.0 Å². The summed E-state index contributed by atoms with van der Waals surface area (Å²) in [4.78, 5) is 25.0. The van der Waals surface area contributed by atoms with E-state index in [1.54, 1.807) is 0 Å². The fourth-order valence-electron chi connectivity index (χ4n) is 2.96. The van der Waals surface area contributed by atoms with Crippen LogP contribution in [0.1, 0.15) is 43.2 Å². The number of nitrogens with zero attached hydrogens (tertiary/aromatic N) is 1. The number of amides is 1. The second-order valence-electron chi connectivity index (χ2n) is 6.62. The number of carbonyl (C=O) groups is 2. The van der Waals surface area contributed by atoms with Crippen LogP contribution in [-0.4, -0.2) is 29.8 Å². The Bertz CT molecular complexity index is 724. The molecule has 1 fully saturated rings. The van der Waals surface area contributed by atoms with Gasteiger partial charge in [0.2, 0.25) is 0 Å². The normalized spacial score (nSPS) is 15.8. The molecule has 1 N–H and O–H groups in total. The number of benzene rings is 1. The zero-order valence-electron chi connectivity index (χ0n) is 15.1. The number of aryl methyl sites for hydroxylation is 2. The van der Waals surface area contributed by atoms with Crippen molar-refractivity contribution in [2.45, 2.75) is 56.4 Å². The third kappa shape index (κ3) is 5.75. The van der Waals surface area contributed by atoms with Gasteiger partial charge in [-0.25, -0.2) is 0 Å². The molecule has 0 saturated heterocycles. The third-order valence-electron chi connectivity index (χ3n) is 4.47. The smallest absolute Gasteiger partial charge is 0.316 e. The molecule has 2 rings (SSSR count). The van der Waals surface area contributed by atoms with Gasteiger partial charge in [-0.05, 0) is 49.9 Å². The Morgan fingerprint density at radius 3 is 2.62 bits per heavy atom. The summed E-state index contributed by atoms with van der Waals surface area (Å²) in [5.74, 6) is -0.722. The Balaban J connectivity index is 1.79. The molecule has 1 aliphatic carbocycles. The average molecular weight is 439 g/mol. The number of ether oxygens (including phenoxy) is 1. The van der Waals surface area contributed by atoms with Crippen LogP contribution in [0.3, 0.4) is 0 Å². The van der Waals surface area contributed by atoms with E-state index >= 15 is 0 Å². The average Bonchev–Trinajstić information content (AvgIpc) is 2.62. The number of nitrogens with one attached hydrogen (secondary N) is 1. The van der Waals surface area contributed by atoms with E-state index < -0.39 is 17.4 Å². The van der Waals surface area contributed by atoms with Gasteiger partial charge in [-0.15, -0.1) is 11.8 Å². The second kappa shape index (κ2) is 9.43. The molecule has 5 nitrogen and oxygen atoms in total. The Hall–Kier alpha value is -1.52. The molecular weight excluding hydrogens is 416 g/mol. The standard InChI is InChI=1S/C19H23BrN2O3S/c1-13-9-16(14(2)8-15(13)20)26-11-18(24)25-10-17(23)22-19(12-21)6-4-3-5-7-19/h8-9H,3-7,10-11H2,1-2H3,(H,22,23). The molecular formula is C19H23BrN2O3S. The molecule has 0 spiro atoms. The SMILES string of the molecule is Cc1cc(SCC(=O)OCC(=O)NC2(C#N)CCCCC2)c(C)cc1Br. The van der Waals surface area contributed by atoms with E-state index in [0.717, 1.165) is 39.8 Å². The van der Waals surface area contributed by atoms with Crippen molar-refractivity contribution < 1.29 is 14.3 Å². The molecule has 0 heterocycles. The van der Waals surface area contributed by atoms with E-state index in [4.69, 9.17) is 4.74 Å². The highest BCUT2D eigenvalue weighted by atomic mass is 79.9. The number of rotatable bonds is 6. The maximum Gasteiger partial charge on any atom is 0.316 e. The molecule has 1 aromatic rings. The lowest BCUT2D eigenvalue weighted by atomic mass is 9.83. The second-order valence-corrected chi connectivity index (χ2v) is 8.49. The van der Waals surface area contributed by atoms with Crippen LogP contribution in [0.4, 0.5) is 0 Å². The lowest BCUT2D eigenvalue weighted by Crippen LogP contribution is -2.50. The number of halogens is 1. The van der Waals surface area contributed by atoms with Gasteiger partial charge in [0.15, 0.2) is 6.61 Å². The zero-order chi connectivity index (χ0) is 19.2. The van der Waals surface area contributed by atoms with E-state index in [-0.39, 0.29) is 12.4 Å². The summed E-state index contributed by atoms with van der Waals surface area (Å²) in [7, 11) is 0. The first kappa shape index (κ1) is 20.8. The summed E-state index contributed by atoms with van der Waals surface area (Å²) in [6.45, 7) is 3.63. The van der Waals surface area contributed by atoms with Gasteiger partial charge < -0.3 is 10.1 Å². The van der Waals surface area contributed by atoms with Crippen molar-refractivity contribution in [1.82, 2.24) is 5.32 Å². The Kier molecular flexibility index (Phi) is 7.54. The molecule has 140 valence electrons. The summed E-state index contributed by atoms with van der Waals surface area (Å²) in [6.07, 6.45) is 4.25. The van der Waals surface area contributed by atoms with Crippen LogP contribution >= 0.6 is 27.7 Å². The molecule has 1 aromatic carbocycles. The fraction of sp³-hybridized carbons (Fsp3) is 0.526. The van der Waals surface area contributed by atoms with Crippen LogP contribution in [0.15, 0.2) is 21.5 Å². The maximum absolute atomic E-state index is 12.0. The summed E-state index contributed by atoms with van der Waals surface area (Å²) in [5.41, 5.74) is 1.37. The van der Waals surface area contributed by atoms with Gasteiger partial charge in [0.05, 0.1) is 11.8 Å². The molecule has 26 heavy (non-hydrogen) atoms. The van der Waals surface area contributed by atoms with E-state index in [2.05, 4.69) is 27.3 Å². The summed E-state index contributed by atoms with van der Waals surface area (Å²) in [5, 5.41) is 12.1. The Labute approximate surface area is 167 Å². The lowest BCUT2D eigenvalue weighted by molar-refractivity contribution is -0.146. The van der Waals surface area contributed by atoms with Crippen molar-refractivity contribution in [3.8, 4) is 6.07 Å². The van der Waals surface area contributed by atoms with Gasteiger partial charge in [0, 0.05) is 9.37 Å². The van der Waals surface area contributed by atoms with Crippen LogP contribution in [0.2, 0.25) is 0 Å². The first-order valence-electron chi connectivity index (χ1n) is 8.63. The number of esters is 1. The number of hydrogen-bond acceptors (Lipinski definition) is 5. The van der Waals surface area contributed by atoms with Gasteiger partial charge in [-0.2, -0.15) is 5.26 Å². The molecule has 0 atom stereocenters. The predicted molar refractivity (Wildman–Crippen MR) is 105 cm³/mol. The van der Waals surface area contributed by atoms with Crippen LogP contribution in [0.5, 0.6) is 0 Å². The number of nitriles is 1. The molecule has 7 heteroatoms. The Morgan fingerprint density at radius 1 is 1.27 bits per heavy atom. The maximum atomic E-state index is 12.0. The quantitative estimate of drug-likeness (QED) is 0.535. The highest BCUT2D eigenvalue weighted by Crippen LogP contribution is 2.29. The first-order chi connectivity index (χ1) is 12.3. The van der Waals surface area contributed by atoms with Crippen LogP contribution in [-0.2, 0) is 14.3 Å². The monoisotopic (exact) mass is 438 g/mol. The minimum atomic E-state index is -0.803.